The van der Waals surface area contributed by atoms with Crippen LogP contribution in [0.1, 0.15) is 19.8 Å². The lowest BCUT2D eigenvalue weighted by atomic mass is 10.3. The van der Waals surface area contributed by atoms with Crippen molar-refractivity contribution in [1.82, 2.24) is 4.31 Å². The second-order valence-electron chi connectivity index (χ2n) is 4.58. The third-order valence-corrected chi connectivity index (χ3v) is 5.40. The first-order valence-electron chi connectivity index (χ1n) is 6.00. The number of rotatable bonds is 5. The van der Waals surface area contributed by atoms with Crippen LogP contribution in [0.3, 0.4) is 0 Å². The van der Waals surface area contributed by atoms with Crippen LogP contribution in [0.5, 0.6) is 0 Å². The van der Waals surface area contributed by atoms with E-state index in [0.29, 0.717) is 29.7 Å². The van der Waals surface area contributed by atoms with Crippen molar-refractivity contribution >= 4 is 27.3 Å². The second-order valence-corrected chi connectivity index (χ2v) is 6.93. The molecule has 0 radical (unpaired) electrons. The highest BCUT2D eigenvalue weighted by Crippen LogP contribution is 2.32. The van der Waals surface area contributed by atoms with Gasteiger partial charge in [-0.1, -0.05) is 18.5 Å². The fourth-order valence-electron chi connectivity index (χ4n) is 1.82. The van der Waals surface area contributed by atoms with Gasteiger partial charge >= 0.3 is 0 Å². The highest BCUT2D eigenvalue weighted by Gasteiger charge is 2.30. The molecule has 0 spiro atoms. The Kier molecular flexibility index (Phi) is 3.84. The van der Waals surface area contributed by atoms with Gasteiger partial charge in [-0.25, -0.2) is 8.42 Å². The van der Waals surface area contributed by atoms with Crippen LogP contribution in [0.25, 0.3) is 0 Å². The topological polar surface area (TPSA) is 63.4 Å². The van der Waals surface area contributed by atoms with Crippen LogP contribution in [0, 0.1) is 5.92 Å². The van der Waals surface area contributed by atoms with E-state index < -0.39 is 10.0 Å². The molecule has 100 valence electrons. The Morgan fingerprint density at radius 1 is 1.44 bits per heavy atom. The van der Waals surface area contributed by atoms with E-state index in [1.54, 1.807) is 0 Å². The molecular weight excluding hydrogens is 272 g/mol. The van der Waals surface area contributed by atoms with Crippen molar-refractivity contribution in [2.45, 2.75) is 24.7 Å². The Morgan fingerprint density at radius 2 is 2.11 bits per heavy atom. The predicted octanol–water partition coefficient (Wildman–Crippen LogP) is 2.34. The lowest BCUT2D eigenvalue weighted by Gasteiger charge is -2.20. The van der Waals surface area contributed by atoms with E-state index in [-0.39, 0.29) is 4.90 Å². The zero-order valence-electron chi connectivity index (χ0n) is 10.3. The van der Waals surface area contributed by atoms with Crippen molar-refractivity contribution in [2.75, 3.05) is 18.8 Å². The summed E-state index contributed by atoms with van der Waals surface area (Å²) in [5.74, 6) is 0.518. The zero-order chi connectivity index (χ0) is 13.3. The number of nitrogen functional groups attached to an aromatic ring is 1. The van der Waals surface area contributed by atoms with Crippen molar-refractivity contribution in [1.29, 1.82) is 0 Å². The van der Waals surface area contributed by atoms with E-state index in [0.717, 1.165) is 12.8 Å². The molecular formula is C12H17ClN2O2S. The number of hydrogen-bond acceptors (Lipinski definition) is 3. The van der Waals surface area contributed by atoms with Crippen molar-refractivity contribution < 1.29 is 8.42 Å². The molecule has 18 heavy (non-hydrogen) atoms. The molecule has 2 N–H and O–H groups in total. The molecule has 4 nitrogen and oxygen atoms in total. The van der Waals surface area contributed by atoms with Gasteiger partial charge in [0, 0.05) is 13.1 Å². The van der Waals surface area contributed by atoms with Gasteiger partial charge in [-0.2, -0.15) is 4.31 Å². The standard InChI is InChI=1S/C12H17ClN2O2S/c1-2-15(8-9-3-4-9)18(16,17)10-5-6-11(13)12(14)7-10/h5-7,9H,2-4,8,14H2,1H3. The van der Waals surface area contributed by atoms with Gasteiger partial charge in [-0.05, 0) is 37.0 Å². The molecule has 1 aliphatic rings. The van der Waals surface area contributed by atoms with Crippen LogP contribution < -0.4 is 5.73 Å². The van der Waals surface area contributed by atoms with Crippen molar-refractivity contribution in [3.05, 3.63) is 23.2 Å². The fourth-order valence-corrected chi connectivity index (χ4v) is 3.50. The second kappa shape index (κ2) is 5.07. The minimum atomic E-state index is -3.45. The first-order chi connectivity index (χ1) is 8.45. The maximum atomic E-state index is 12.4. The monoisotopic (exact) mass is 288 g/mol. The van der Waals surface area contributed by atoms with E-state index in [1.807, 2.05) is 6.92 Å². The van der Waals surface area contributed by atoms with Gasteiger partial charge < -0.3 is 5.73 Å². The van der Waals surface area contributed by atoms with E-state index >= 15 is 0 Å². The number of nitrogens with two attached hydrogens (primary N) is 1. The summed E-state index contributed by atoms with van der Waals surface area (Å²) in [4.78, 5) is 0.215. The summed E-state index contributed by atoms with van der Waals surface area (Å²) in [6.07, 6.45) is 2.24. The molecule has 6 heteroatoms. The lowest BCUT2D eigenvalue weighted by Crippen LogP contribution is -2.32. The first kappa shape index (κ1) is 13.6. The van der Waals surface area contributed by atoms with Crippen LogP contribution >= 0.6 is 11.6 Å². The average Bonchev–Trinajstić information content (AvgIpc) is 3.13. The Balaban J connectivity index is 2.29. The van der Waals surface area contributed by atoms with Crippen LogP contribution in [0.4, 0.5) is 5.69 Å². The van der Waals surface area contributed by atoms with Gasteiger partial charge in [0.1, 0.15) is 0 Å². The molecule has 0 aromatic heterocycles. The molecule has 0 atom stereocenters. The van der Waals surface area contributed by atoms with Gasteiger partial charge in [0.25, 0.3) is 0 Å². The van der Waals surface area contributed by atoms with E-state index in [4.69, 9.17) is 17.3 Å². The summed E-state index contributed by atoms with van der Waals surface area (Å²) in [6.45, 7) is 2.92. The molecule has 0 heterocycles. The molecule has 1 fully saturated rings. The summed E-state index contributed by atoms with van der Waals surface area (Å²) in [5, 5.41) is 0.374. The lowest BCUT2D eigenvalue weighted by molar-refractivity contribution is 0.412. The van der Waals surface area contributed by atoms with Gasteiger partial charge in [-0.3, -0.25) is 0 Å². The van der Waals surface area contributed by atoms with Gasteiger partial charge in [-0.15, -0.1) is 0 Å². The molecule has 0 amide bonds. The summed E-state index contributed by atoms with van der Waals surface area (Å²) in [6, 6.07) is 4.45. The van der Waals surface area contributed by atoms with Crippen LogP contribution in [-0.2, 0) is 10.0 Å². The number of sulfonamides is 1. The highest BCUT2D eigenvalue weighted by atomic mass is 35.5. The maximum Gasteiger partial charge on any atom is 0.243 e. The SMILES string of the molecule is CCN(CC1CC1)S(=O)(=O)c1ccc(Cl)c(N)c1. The van der Waals surface area contributed by atoms with Crippen molar-refractivity contribution in [3.63, 3.8) is 0 Å². The summed E-state index contributed by atoms with van der Waals surface area (Å²) in [5.41, 5.74) is 5.95. The Bertz CT molecular complexity index is 541. The molecule has 0 bridgehead atoms. The molecule has 1 saturated carbocycles. The van der Waals surface area contributed by atoms with E-state index in [9.17, 15) is 8.42 Å². The maximum absolute atomic E-state index is 12.4. The summed E-state index contributed by atoms with van der Waals surface area (Å²) in [7, 11) is -3.45. The minimum absolute atomic E-state index is 0.215. The van der Waals surface area contributed by atoms with E-state index in [2.05, 4.69) is 0 Å². The minimum Gasteiger partial charge on any atom is -0.397 e. The first-order valence-corrected chi connectivity index (χ1v) is 7.82. The molecule has 0 saturated heterocycles. The Morgan fingerprint density at radius 3 is 2.61 bits per heavy atom. The Hall–Kier alpha value is -0.780. The summed E-state index contributed by atoms with van der Waals surface area (Å²) >= 11 is 5.81. The number of halogens is 1. The van der Waals surface area contributed by atoms with Gasteiger partial charge in [0.2, 0.25) is 10.0 Å². The number of hydrogen-bond donors (Lipinski definition) is 1. The number of benzene rings is 1. The molecule has 0 aliphatic heterocycles. The van der Waals surface area contributed by atoms with E-state index in [1.165, 1.54) is 22.5 Å². The molecule has 0 unspecified atom stereocenters. The smallest absolute Gasteiger partial charge is 0.243 e. The molecule has 1 aliphatic carbocycles. The average molecular weight is 289 g/mol. The van der Waals surface area contributed by atoms with Crippen molar-refractivity contribution in [3.8, 4) is 0 Å². The predicted molar refractivity (Wildman–Crippen MR) is 73.0 cm³/mol. The Labute approximate surface area is 113 Å². The molecule has 2 rings (SSSR count). The highest BCUT2D eigenvalue weighted by molar-refractivity contribution is 7.89. The number of nitrogens with zero attached hydrogens (tertiary/aromatic N) is 1. The normalized spacial score (nSPS) is 16.2. The van der Waals surface area contributed by atoms with Crippen LogP contribution in [-0.4, -0.2) is 25.8 Å². The quantitative estimate of drug-likeness (QED) is 0.846. The summed E-state index contributed by atoms with van der Waals surface area (Å²) < 4.78 is 26.3. The third-order valence-electron chi connectivity index (χ3n) is 3.12. The zero-order valence-corrected chi connectivity index (χ0v) is 11.8. The molecule has 1 aromatic rings. The largest absolute Gasteiger partial charge is 0.397 e. The van der Waals surface area contributed by atoms with Crippen LogP contribution in [0.15, 0.2) is 23.1 Å². The van der Waals surface area contributed by atoms with Gasteiger partial charge in [0.15, 0.2) is 0 Å². The molecule has 1 aromatic carbocycles. The van der Waals surface area contributed by atoms with Crippen LogP contribution in [0.2, 0.25) is 5.02 Å². The fraction of sp³-hybridized carbons (Fsp3) is 0.500. The van der Waals surface area contributed by atoms with Crippen molar-refractivity contribution in [2.24, 2.45) is 5.92 Å². The van der Waals surface area contributed by atoms with Gasteiger partial charge in [0.05, 0.1) is 15.6 Å². The number of anilines is 1. The third kappa shape index (κ3) is 2.79.